The van der Waals surface area contributed by atoms with Crippen molar-refractivity contribution in [2.45, 2.75) is 46.0 Å². The summed E-state index contributed by atoms with van der Waals surface area (Å²) in [5, 5.41) is 0. The van der Waals surface area contributed by atoms with E-state index in [1.807, 2.05) is 0 Å². The summed E-state index contributed by atoms with van der Waals surface area (Å²) in [4.78, 5) is 12.7. The van der Waals surface area contributed by atoms with Gasteiger partial charge in [-0.25, -0.2) is 18.7 Å². The van der Waals surface area contributed by atoms with Crippen LogP contribution >= 0.6 is 0 Å². The van der Waals surface area contributed by atoms with Crippen molar-refractivity contribution in [2.75, 3.05) is 0 Å². The summed E-state index contributed by atoms with van der Waals surface area (Å²) in [6.45, 7) is 6.50. The van der Waals surface area contributed by atoms with Crippen molar-refractivity contribution in [3.63, 3.8) is 0 Å². The number of halogens is 2. The van der Waals surface area contributed by atoms with Gasteiger partial charge in [-0.15, -0.1) is 12.8 Å². The van der Waals surface area contributed by atoms with Gasteiger partial charge in [0.15, 0.2) is 12.2 Å². The SMILES string of the molecule is C#C.CC(C)C.NC1=C(/C=C(\N)c2c(F)cccc2F)CCCC1c1cncc(-c2cnco2)n1. The molecular weight excluding hydrogens is 448 g/mol. The van der Waals surface area contributed by atoms with E-state index in [-0.39, 0.29) is 17.2 Å². The minimum absolute atomic E-state index is 0.000643. The number of rotatable bonds is 4. The van der Waals surface area contributed by atoms with E-state index in [0.717, 1.165) is 24.3 Å². The molecular formula is C27H31F2N5O. The topological polar surface area (TPSA) is 104 Å². The zero-order valence-electron chi connectivity index (χ0n) is 20.2. The molecule has 4 N–H and O–H groups in total. The maximum absolute atomic E-state index is 14.0. The third-order valence-corrected chi connectivity index (χ3v) is 4.96. The second-order valence-electron chi connectivity index (χ2n) is 8.55. The Morgan fingerprint density at radius 1 is 1.11 bits per heavy atom. The molecule has 35 heavy (non-hydrogen) atoms. The van der Waals surface area contributed by atoms with Gasteiger partial charge in [-0.05, 0) is 49.0 Å². The van der Waals surface area contributed by atoms with Crippen LogP contribution in [0.4, 0.5) is 8.78 Å². The Morgan fingerprint density at radius 2 is 1.77 bits per heavy atom. The second kappa shape index (κ2) is 13.0. The van der Waals surface area contributed by atoms with E-state index in [1.54, 1.807) is 24.7 Å². The highest BCUT2D eigenvalue weighted by molar-refractivity contribution is 5.67. The lowest BCUT2D eigenvalue weighted by molar-refractivity contribution is 0.565. The fraction of sp³-hybridized carbons (Fsp3) is 0.296. The van der Waals surface area contributed by atoms with Crippen molar-refractivity contribution in [1.82, 2.24) is 15.0 Å². The van der Waals surface area contributed by atoms with Crippen LogP contribution in [0, 0.1) is 30.4 Å². The molecule has 0 bridgehead atoms. The smallest absolute Gasteiger partial charge is 0.181 e. The van der Waals surface area contributed by atoms with Crippen molar-refractivity contribution in [3.8, 4) is 24.3 Å². The van der Waals surface area contributed by atoms with E-state index in [9.17, 15) is 8.78 Å². The van der Waals surface area contributed by atoms with Crippen LogP contribution in [0.15, 0.2) is 64.9 Å². The summed E-state index contributed by atoms with van der Waals surface area (Å²) in [6, 6.07) is 3.64. The zero-order chi connectivity index (χ0) is 26.0. The molecule has 0 fully saturated rings. The lowest BCUT2D eigenvalue weighted by Crippen LogP contribution is -2.19. The fourth-order valence-electron chi connectivity index (χ4n) is 3.53. The summed E-state index contributed by atoms with van der Waals surface area (Å²) in [6.07, 6.45) is 18.0. The molecule has 8 heteroatoms. The average Bonchev–Trinajstić information content (AvgIpc) is 3.37. The summed E-state index contributed by atoms with van der Waals surface area (Å²) < 4.78 is 33.3. The molecule has 0 radical (unpaired) electrons. The van der Waals surface area contributed by atoms with Crippen LogP contribution in [-0.4, -0.2) is 15.0 Å². The summed E-state index contributed by atoms with van der Waals surface area (Å²) in [7, 11) is 0. The van der Waals surface area contributed by atoms with E-state index in [0.29, 0.717) is 29.3 Å². The first-order valence-electron chi connectivity index (χ1n) is 11.2. The molecule has 184 valence electrons. The number of allylic oxidation sites excluding steroid dienone is 3. The first-order valence-corrected chi connectivity index (χ1v) is 11.2. The molecule has 2 heterocycles. The van der Waals surface area contributed by atoms with Crippen molar-refractivity contribution < 1.29 is 13.2 Å². The van der Waals surface area contributed by atoms with Crippen LogP contribution in [0.2, 0.25) is 0 Å². The third-order valence-electron chi connectivity index (χ3n) is 4.96. The average molecular weight is 480 g/mol. The molecule has 6 nitrogen and oxygen atoms in total. The fourth-order valence-corrected chi connectivity index (χ4v) is 3.53. The predicted octanol–water partition coefficient (Wildman–Crippen LogP) is 5.80. The predicted molar refractivity (Wildman–Crippen MR) is 134 cm³/mol. The summed E-state index contributed by atoms with van der Waals surface area (Å²) in [5.74, 6) is -0.257. The molecule has 0 saturated carbocycles. The minimum Gasteiger partial charge on any atom is -0.442 e. The Morgan fingerprint density at radius 3 is 2.37 bits per heavy atom. The van der Waals surface area contributed by atoms with Gasteiger partial charge in [-0.1, -0.05) is 26.8 Å². The van der Waals surface area contributed by atoms with E-state index < -0.39 is 11.6 Å². The molecule has 1 aromatic carbocycles. The molecule has 4 rings (SSSR count). The van der Waals surface area contributed by atoms with Gasteiger partial charge in [0.1, 0.15) is 17.3 Å². The lowest BCUT2D eigenvalue weighted by Gasteiger charge is -2.25. The van der Waals surface area contributed by atoms with Gasteiger partial charge in [0, 0.05) is 23.5 Å². The molecule has 1 aliphatic rings. The molecule has 1 unspecified atom stereocenters. The van der Waals surface area contributed by atoms with E-state index in [1.165, 1.54) is 24.6 Å². The highest BCUT2D eigenvalue weighted by atomic mass is 19.1. The molecule has 0 aliphatic heterocycles. The highest BCUT2D eigenvalue weighted by Gasteiger charge is 2.24. The summed E-state index contributed by atoms with van der Waals surface area (Å²) >= 11 is 0. The normalized spacial score (nSPS) is 15.7. The Bertz CT molecular complexity index is 1160. The van der Waals surface area contributed by atoms with Gasteiger partial charge in [-0.3, -0.25) is 4.98 Å². The molecule has 3 aromatic rings. The Hall–Kier alpha value is -3.99. The lowest BCUT2D eigenvalue weighted by atomic mass is 9.84. The van der Waals surface area contributed by atoms with Crippen LogP contribution in [-0.2, 0) is 0 Å². The van der Waals surface area contributed by atoms with Gasteiger partial charge < -0.3 is 15.9 Å². The molecule has 0 saturated heterocycles. The molecule has 1 aliphatic carbocycles. The van der Waals surface area contributed by atoms with Gasteiger partial charge in [-0.2, -0.15) is 0 Å². The molecule has 2 aromatic heterocycles. The molecule has 0 amide bonds. The largest absolute Gasteiger partial charge is 0.442 e. The van der Waals surface area contributed by atoms with E-state index >= 15 is 0 Å². The maximum atomic E-state index is 14.0. The number of nitrogens with two attached hydrogens (primary N) is 2. The van der Waals surface area contributed by atoms with Crippen LogP contribution in [0.25, 0.3) is 17.2 Å². The first-order chi connectivity index (χ1) is 16.8. The number of hydrogen-bond acceptors (Lipinski definition) is 6. The number of nitrogens with zero attached hydrogens (tertiary/aromatic N) is 3. The monoisotopic (exact) mass is 479 g/mol. The number of oxazole rings is 1. The first kappa shape index (κ1) is 27.3. The van der Waals surface area contributed by atoms with Gasteiger partial charge in [0.05, 0.1) is 23.7 Å². The Kier molecular flexibility index (Phi) is 10.2. The van der Waals surface area contributed by atoms with E-state index in [2.05, 4.69) is 48.6 Å². The van der Waals surface area contributed by atoms with Gasteiger partial charge >= 0.3 is 0 Å². The van der Waals surface area contributed by atoms with Crippen LogP contribution in [0.3, 0.4) is 0 Å². The van der Waals surface area contributed by atoms with Gasteiger partial charge in [0.25, 0.3) is 0 Å². The van der Waals surface area contributed by atoms with Crippen LogP contribution in [0.1, 0.15) is 57.2 Å². The molecule has 1 atom stereocenters. The Labute approximate surface area is 205 Å². The van der Waals surface area contributed by atoms with Crippen LogP contribution < -0.4 is 11.5 Å². The maximum Gasteiger partial charge on any atom is 0.181 e. The third kappa shape index (κ3) is 7.24. The number of benzene rings is 1. The number of hydrogen-bond donors (Lipinski definition) is 2. The quantitative estimate of drug-likeness (QED) is 0.458. The van der Waals surface area contributed by atoms with Crippen molar-refractivity contribution in [2.24, 2.45) is 17.4 Å². The zero-order valence-corrected chi connectivity index (χ0v) is 20.2. The summed E-state index contributed by atoms with van der Waals surface area (Å²) in [5.41, 5.74) is 14.7. The van der Waals surface area contributed by atoms with Crippen molar-refractivity contribution in [1.29, 1.82) is 0 Å². The van der Waals surface area contributed by atoms with Crippen LogP contribution in [0.5, 0.6) is 0 Å². The number of aromatic nitrogens is 3. The van der Waals surface area contributed by atoms with Gasteiger partial charge in [0.2, 0.25) is 0 Å². The Balaban J connectivity index is 0.000000655. The number of terminal acetylenes is 1. The van der Waals surface area contributed by atoms with E-state index in [4.69, 9.17) is 15.9 Å². The highest BCUT2D eigenvalue weighted by Crippen LogP contribution is 2.36. The minimum atomic E-state index is -0.712. The van der Waals surface area contributed by atoms with Crippen molar-refractivity contribution >= 4 is 5.70 Å². The second-order valence-corrected chi connectivity index (χ2v) is 8.55. The van der Waals surface area contributed by atoms with Crippen molar-refractivity contribution in [3.05, 3.63) is 83.4 Å². The standard InChI is InChI=1S/C21H19F2N5O.C4H10.C2H2/c22-14-5-2-6-15(23)20(14)16(24)7-12-3-1-4-13(21(12)25)17-8-26-9-18(28-17)19-10-27-11-29-19;1-4(2)3;1-2/h2,5-11,13H,1,3-4,24-25H2;4H,1-3H3;1-2H/b16-7-;;. The molecule has 0 spiro atoms.